The van der Waals surface area contributed by atoms with Crippen molar-refractivity contribution < 1.29 is 13.2 Å². The lowest BCUT2D eigenvalue weighted by Crippen LogP contribution is -2.27. The van der Waals surface area contributed by atoms with Crippen molar-refractivity contribution in [2.24, 2.45) is 0 Å². The van der Waals surface area contributed by atoms with Crippen LogP contribution in [0, 0.1) is 13.8 Å². The Balaban J connectivity index is 1.39. The molecule has 4 rings (SSSR count). The molecule has 1 fully saturated rings. The van der Waals surface area contributed by atoms with E-state index in [1.165, 1.54) is 28.2 Å². The standard InChI is InChI=1S/C19H22N6O3S2/c1-13-11-14(2)25-18(20-13)22-23-19(25)29-12-17(26)21-15-5-7-16(8-6-15)30(27,28)24-9-3-4-10-24/h5-8,11H,3-4,9-10,12H2,1-2H3,(H,21,26). The molecule has 11 heteroatoms. The summed E-state index contributed by atoms with van der Waals surface area (Å²) in [6.07, 6.45) is 1.78. The maximum absolute atomic E-state index is 12.6. The van der Waals surface area contributed by atoms with Crippen molar-refractivity contribution in [3.8, 4) is 0 Å². The molecular formula is C19H22N6O3S2. The van der Waals surface area contributed by atoms with Gasteiger partial charge in [-0.3, -0.25) is 9.20 Å². The van der Waals surface area contributed by atoms with Gasteiger partial charge in [0.1, 0.15) is 0 Å². The third-order valence-corrected chi connectivity index (χ3v) is 7.68. The van der Waals surface area contributed by atoms with Crippen LogP contribution in [-0.4, -0.2) is 57.1 Å². The molecule has 9 nitrogen and oxygen atoms in total. The molecular weight excluding hydrogens is 424 g/mol. The van der Waals surface area contributed by atoms with Crippen LogP contribution in [0.1, 0.15) is 24.2 Å². The summed E-state index contributed by atoms with van der Waals surface area (Å²) in [7, 11) is -3.46. The minimum atomic E-state index is -3.46. The number of aryl methyl sites for hydroxylation is 2. The van der Waals surface area contributed by atoms with Crippen LogP contribution in [0.3, 0.4) is 0 Å². The lowest BCUT2D eigenvalue weighted by Gasteiger charge is -2.15. The van der Waals surface area contributed by atoms with Crippen LogP contribution < -0.4 is 5.32 Å². The second kappa shape index (κ2) is 8.32. The second-order valence-electron chi connectivity index (χ2n) is 7.13. The molecule has 0 atom stereocenters. The van der Waals surface area contributed by atoms with Crippen molar-refractivity contribution in [1.82, 2.24) is 23.9 Å². The molecule has 1 aromatic carbocycles. The topological polar surface area (TPSA) is 110 Å². The van der Waals surface area contributed by atoms with Gasteiger partial charge in [-0.15, -0.1) is 10.2 Å². The van der Waals surface area contributed by atoms with Crippen LogP contribution in [0.5, 0.6) is 0 Å². The van der Waals surface area contributed by atoms with Crippen LogP contribution in [0.4, 0.5) is 5.69 Å². The van der Waals surface area contributed by atoms with Crippen molar-refractivity contribution in [3.63, 3.8) is 0 Å². The summed E-state index contributed by atoms with van der Waals surface area (Å²) in [6, 6.07) is 8.20. The molecule has 0 aliphatic carbocycles. The Bertz CT molecular complexity index is 1180. The van der Waals surface area contributed by atoms with Crippen LogP contribution in [0.15, 0.2) is 40.4 Å². The fraction of sp³-hybridized carbons (Fsp3) is 0.368. The number of hydrogen-bond acceptors (Lipinski definition) is 7. The monoisotopic (exact) mass is 446 g/mol. The second-order valence-corrected chi connectivity index (χ2v) is 10.0. The van der Waals surface area contributed by atoms with Gasteiger partial charge in [-0.25, -0.2) is 13.4 Å². The normalized spacial score (nSPS) is 15.0. The zero-order chi connectivity index (χ0) is 21.3. The Morgan fingerprint density at radius 3 is 2.53 bits per heavy atom. The number of fused-ring (bicyclic) bond motifs is 1. The molecule has 1 amide bonds. The maximum Gasteiger partial charge on any atom is 0.256 e. The number of nitrogens with zero attached hydrogens (tertiary/aromatic N) is 5. The van der Waals surface area contributed by atoms with Gasteiger partial charge in [-0.1, -0.05) is 11.8 Å². The number of aromatic nitrogens is 4. The van der Waals surface area contributed by atoms with E-state index in [0.29, 0.717) is 29.7 Å². The summed E-state index contributed by atoms with van der Waals surface area (Å²) < 4.78 is 28.5. The van der Waals surface area contributed by atoms with E-state index in [0.717, 1.165) is 24.2 Å². The first-order valence-corrected chi connectivity index (χ1v) is 12.0. The highest BCUT2D eigenvalue weighted by Gasteiger charge is 2.26. The predicted octanol–water partition coefficient (Wildman–Crippen LogP) is 2.26. The lowest BCUT2D eigenvalue weighted by atomic mass is 10.3. The van der Waals surface area contributed by atoms with Gasteiger partial charge in [0.25, 0.3) is 5.78 Å². The summed E-state index contributed by atoms with van der Waals surface area (Å²) >= 11 is 1.26. The van der Waals surface area contributed by atoms with Gasteiger partial charge < -0.3 is 5.32 Å². The molecule has 0 saturated carbocycles. The predicted molar refractivity (Wildman–Crippen MR) is 114 cm³/mol. The minimum Gasteiger partial charge on any atom is -0.325 e. The quantitative estimate of drug-likeness (QED) is 0.578. The number of rotatable bonds is 6. The average molecular weight is 447 g/mol. The highest BCUT2D eigenvalue weighted by atomic mass is 32.2. The van der Waals surface area contributed by atoms with Gasteiger partial charge in [0.05, 0.1) is 10.6 Å². The number of amides is 1. The number of sulfonamides is 1. The molecule has 1 aliphatic rings. The lowest BCUT2D eigenvalue weighted by molar-refractivity contribution is -0.113. The smallest absolute Gasteiger partial charge is 0.256 e. The van der Waals surface area contributed by atoms with Crippen LogP contribution in [0.25, 0.3) is 5.78 Å². The van der Waals surface area contributed by atoms with Crippen molar-refractivity contribution in [1.29, 1.82) is 0 Å². The van der Waals surface area contributed by atoms with Crippen molar-refractivity contribution in [2.75, 3.05) is 24.2 Å². The van der Waals surface area contributed by atoms with Gasteiger partial charge >= 0.3 is 0 Å². The third kappa shape index (κ3) is 4.18. The molecule has 2 aromatic heterocycles. The Hall–Kier alpha value is -2.50. The van der Waals surface area contributed by atoms with E-state index < -0.39 is 10.0 Å². The van der Waals surface area contributed by atoms with Crippen LogP contribution >= 0.6 is 11.8 Å². The largest absolute Gasteiger partial charge is 0.325 e. The molecule has 30 heavy (non-hydrogen) atoms. The van der Waals surface area contributed by atoms with E-state index in [1.54, 1.807) is 12.1 Å². The molecule has 158 valence electrons. The number of hydrogen-bond donors (Lipinski definition) is 1. The molecule has 0 spiro atoms. The van der Waals surface area contributed by atoms with Gasteiger partial charge in [0.15, 0.2) is 5.16 Å². The summed E-state index contributed by atoms with van der Waals surface area (Å²) in [5, 5.41) is 11.5. The molecule has 1 aliphatic heterocycles. The fourth-order valence-corrected chi connectivity index (χ4v) is 5.71. The first-order valence-electron chi connectivity index (χ1n) is 9.57. The third-order valence-electron chi connectivity index (χ3n) is 4.84. The zero-order valence-electron chi connectivity index (χ0n) is 16.7. The molecule has 3 aromatic rings. The Morgan fingerprint density at radius 1 is 1.13 bits per heavy atom. The summed E-state index contributed by atoms with van der Waals surface area (Å²) in [4.78, 5) is 16.9. The zero-order valence-corrected chi connectivity index (χ0v) is 18.3. The molecule has 1 N–H and O–H groups in total. The van der Waals surface area contributed by atoms with Gasteiger partial charge in [-0.05, 0) is 57.0 Å². The SMILES string of the molecule is Cc1cc(C)n2c(SCC(=O)Nc3ccc(S(=O)(=O)N4CCCC4)cc3)nnc2n1. The van der Waals surface area contributed by atoms with Crippen molar-refractivity contribution in [3.05, 3.63) is 41.7 Å². The van der Waals surface area contributed by atoms with E-state index in [-0.39, 0.29) is 16.6 Å². The Labute approximate surface area is 179 Å². The molecule has 0 bridgehead atoms. The molecule has 3 heterocycles. The highest BCUT2D eigenvalue weighted by Crippen LogP contribution is 2.23. The van der Waals surface area contributed by atoms with Crippen LogP contribution in [0.2, 0.25) is 0 Å². The highest BCUT2D eigenvalue weighted by molar-refractivity contribution is 7.99. The van der Waals surface area contributed by atoms with E-state index in [1.807, 2.05) is 24.3 Å². The van der Waals surface area contributed by atoms with Gasteiger partial charge in [-0.2, -0.15) is 4.31 Å². The number of benzene rings is 1. The fourth-order valence-electron chi connectivity index (χ4n) is 3.41. The number of carbonyl (C=O) groups excluding carboxylic acids is 1. The molecule has 0 radical (unpaired) electrons. The van der Waals surface area contributed by atoms with Gasteiger partial charge in [0, 0.05) is 30.2 Å². The summed E-state index contributed by atoms with van der Waals surface area (Å²) in [6.45, 7) is 4.95. The van der Waals surface area contributed by atoms with Gasteiger partial charge in [0.2, 0.25) is 15.9 Å². The first-order chi connectivity index (χ1) is 14.3. The van der Waals surface area contributed by atoms with E-state index in [2.05, 4.69) is 20.5 Å². The van der Waals surface area contributed by atoms with E-state index in [4.69, 9.17) is 0 Å². The summed E-state index contributed by atoms with van der Waals surface area (Å²) in [5.74, 6) is 0.428. The molecule has 0 unspecified atom stereocenters. The van der Waals surface area contributed by atoms with Crippen LogP contribution in [-0.2, 0) is 14.8 Å². The average Bonchev–Trinajstić information content (AvgIpc) is 3.37. The van der Waals surface area contributed by atoms with Crippen molar-refractivity contribution >= 4 is 39.2 Å². The first kappa shape index (κ1) is 20.8. The number of nitrogens with one attached hydrogen (secondary N) is 1. The maximum atomic E-state index is 12.6. The number of carbonyl (C=O) groups is 1. The van der Waals surface area contributed by atoms with Crippen molar-refractivity contribution in [2.45, 2.75) is 36.7 Å². The molecule has 1 saturated heterocycles. The van der Waals surface area contributed by atoms with E-state index in [9.17, 15) is 13.2 Å². The summed E-state index contributed by atoms with van der Waals surface area (Å²) in [5.41, 5.74) is 2.35. The minimum absolute atomic E-state index is 0.141. The number of thioether (sulfide) groups is 1. The number of anilines is 1. The van der Waals surface area contributed by atoms with E-state index >= 15 is 0 Å². The Morgan fingerprint density at radius 2 is 1.83 bits per heavy atom. The Kier molecular flexibility index (Phi) is 5.76.